The lowest BCUT2D eigenvalue weighted by atomic mass is 9.52. The molecule has 0 radical (unpaired) electrons. The second-order valence-corrected chi connectivity index (χ2v) is 17.2. The molecule has 11 aliphatic rings. The number of carbonyl (C=O) groups excluding carboxylic acids is 2. The molecule has 13 rings (SSSR count). The van der Waals surface area contributed by atoms with Crippen molar-refractivity contribution in [1.29, 1.82) is 0 Å². The molecule has 7 fully saturated rings. The van der Waals surface area contributed by atoms with Crippen molar-refractivity contribution in [3.05, 3.63) is 94.6 Å². The highest BCUT2D eigenvalue weighted by Crippen LogP contribution is 2.70. The summed E-state index contributed by atoms with van der Waals surface area (Å²) in [6.07, 6.45) is 11.7. The maximum Gasteiger partial charge on any atom is 0.234 e. The number of rotatable bonds is 1. The van der Waals surface area contributed by atoms with E-state index in [0.717, 1.165) is 44.6 Å². The maximum atomic E-state index is 15.8. The fourth-order valence-electron chi connectivity index (χ4n) is 15.0. The van der Waals surface area contributed by atoms with Crippen LogP contribution in [-0.2, 0) is 25.2 Å². The van der Waals surface area contributed by atoms with E-state index in [1.807, 2.05) is 0 Å². The van der Waals surface area contributed by atoms with Gasteiger partial charge in [0.15, 0.2) is 0 Å². The smallest absolute Gasteiger partial charge is 0.234 e. The Kier molecular flexibility index (Phi) is 4.82. The lowest BCUT2D eigenvalue weighted by Crippen LogP contribution is -2.73. The minimum atomic E-state index is -0.254. The monoisotopic (exact) mass is 650 g/mol. The van der Waals surface area contributed by atoms with Crippen LogP contribution in [0.15, 0.2) is 83.5 Å². The predicted molar refractivity (Wildman–Crippen MR) is 185 cm³/mol. The molecule has 0 N–H and O–H groups in total. The normalized spacial score (nSPS) is 46.8. The summed E-state index contributed by atoms with van der Waals surface area (Å²) in [4.78, 5) is 39.7. The lowest BCUT2D eigenvalue weighted by molar-refractivity contribution is -0.149. The Hall–Kier alpha value is -3.52. The third kappa shape index (κ3) is 2.76. The van der Waals surface area contributed by atoms with Gasteiger partial charge in [0, 0.05) is 71.7 Å². The van der Waals surface area contributed by atoms with Crippen molar-refractivity contribution in [3.63, 3.8) is 0 Å². The number of allylic oxidation sites excluding steroid dienone is 1. The summed E-state index contributed by atoms with van der Waals surface area (Å²) in [6, 6.07) is 18.8. The van der Waals surface area contributed by atoms with Gasteiger partial charge in [-0.15, -0.1) is 0 Å². The van der Waals surface area contributed by atoms with Gasteiger partial charge in [-0.3, -0.25) is 19.4 Å². The van der Waals surface area contributed by atoms with Gasteiger partial charge in [0.2, 0.25) is 11.8 Å². The molecule has 2 aromatic carbocycles. The molecule has 0 aromatic heterocycles. The maximum absolute atomic E-state index is 15.8. The number of hydrogen-bond donors (Lipinski definition) is 0. The van der Waals surface area contributed by atoms with E-state index in [1.165, 1.54) is 34.4 Å². The van der Waals surface area contributed by atoms with Gasteiger partial charge in [-0.2, -0.15) is 0 Å². The van der Waals surface area contributed by atoms with Crippen LogP contribution >= 0.6 is 0 Å². The lowest BCUT2D eigenvalue weighted by Gasteiger charge is -2.61. The Balaban J connectivity index is 1.03. The first-order valence-corrected chi connectivity index (χ1v) is 19.1. The first kappa shape index (κ1) is 27.2. The minimum Gasteiger partial charge on any atom is -0.373 e. The quantitative estimate of drug-likeness (QED) is 0.419. The molecule has 49 heavy (non-hydrogen) atoms. The number of para-hydroxylation sites is 2. The van der Waals surface area contributed by atoms with E-state index in [4.69, 9.17) is 4.74 Å². The minimum absolute atomic E-state index is 0.0122. The first-order valence-electron chi connectivity index (χ1n) is 19.1. The summed E-state index contributed by atoms with van der Waals surface area (Å²) in [5.41, 5.74) is 9.28. The van der Waals surface area contributed by atoms with Gasteiger partial charge in [0.25, 0.3) is 0 Å². The standard InChI is InChI=1S/C42H42N4O3/c1-2-22-21-44-31(19-42-28-8-4-5-9-29(28)45-34(47)12-11-24(38(42)45)25(22)17-33(42)44)36-37-35-26-18-32-41(14-15-43(32)20-23(26)13-16-49-37)27-7-3-6-10-30(27)46(39(35)41)40(36)48/h2-11,13,25-26,31-33,35-39H,12,14-21H2,1H3/t25-,26-,31+,32-,33-,35-,36-,37+,38-,39-,41+,42+/m0/s1. The molecule has 2 saturated carbocycles. The van der Waals surface area contributed by atoms with Gasteiger partial charge < -0.3 is 14.5 Å². The van der Waals surface area contributed by atoms with Crippen molar-refractivity contribution >= 4 is 23.2 Å². The Labute approximate surface area is 287 Å². The molecule has 7 nitrogen and oxygen atoms in total. The molecule has 2 amide bonds. The number of nitrogens with zero attached hydrogens (tertiary/aromatic N) is 4. The summed E-state index contributed by atoms with van der Waals surface area (Å²) < 4.78 is 7.14. The van der Waals surface area contributed by atoms with Gasteiger partial charge in [-0.25, -0.2) is 0 Å². The number of benzene rings is 2. The van der Waals surface area contributed by atoms with E-state index >= 15 is 4.79 Å². The third-order valence-electron chi connectivity index (χ3n) is 16.3. The molecule has 9 aliphatic heterocycles. The molecular weight excluding hydrogens is 608 g/mol. The van der Waals surface area contributed by atoms with Crippen molar-refractivity contribution in [2.45, 2.75) is 86.2 Å². The Morgan fingerprint density at radius 3 is 2.53 bits per heavy atom. The van der Waals surface area contributed by atoms with Gasteiger partial charge >= 0.3 is 0 Å². The van der Waals surface area contributed by atoms with Crippen molar-refractivity contribution in [2.75, 3.05) is 36.0 Å². The molecule has 5 saturated heterocycles. The van der Waals surface area contributed by atoms with Crippen LogP contribution < -0.4 is 9.80 Å². The second kappa shape index (κ2) is 8.67. The highest BCUT2D eigenvalue weighted by molar-refractivity contribution is 6.02. The molecule has 0 unspecified atom stereocenters. The van der Waals surface area contributed by atoms with Gasteiger partial charge in [-0.05, 0) is 73.9 Å². The molecule has 9 heterocycles. The molecule has 2 aliphatic carbocycles. The van der Waals surface area contributed by atoms with E-state index < -0.39 is 0 Å². The molecule has 248 valence electrons. The van der Waals surface area contributed by atoms with Crippen LogP contribution in [0.25, 0.3) is 0 Å². The summed E-state index contributed by atoms with van der Waals surface area (Å²) in [7, 11) is 0. The van der Waals surface area contributed by atoms with E-state index in [-0.39, 0.29) is 52.9 Å². The van der Waals surface area contributed by atoms with Gasteiger partial charge in [-0.1, -0.05) is 65.8 Å². The summed E-state index contributed by atoms with van der Waals surface area (Å²) >= 11 is 0. The Bertz CT molecular complexity index is 2030. The van der Waals surface area contributed by atoms with Crippen LogP contribution in [0.5, 0.6) is 0 Å². The second-order valence-electron chi connectivity index (χ2n) is 17.2. The van der Waals surface area contributed by atoms with Crippen molar-refractivity contribution < 1.29 is 14.3 Å². The van der Waals surface area contributed by atoms with Crippen LogP contribution in [0.3, 0.4) is 0 Å². The van der Waals surface area contributed by atoms with Crippen LogP contribution in [-0.4, -0.2) is 84.2 Å². The van der Waals surface area contributed by atoms with E-state index in [1.54, 1.807) is 5.57 Å². The Morgan fingerprint density at radius 1 is 0.898 bits per heavy atom. The van der Waals surface area contributed by atoms with E-state index in [2.05, 4.69) is 93.3 Å². The van der Waals surface area contributed by atoms with Crippen LogP contribution in [0.4, 0.5) is 11.4 Å². The van der Waals surface area contributed by atoms with Gasteiger partial charge in [0.1, 0.15) is 0 Å². The SMILES string of the molecule is CC=C1CN2[C@@H]([C@@H]3C(=O)N4c5ccccc5[C@@]56CCN7CC8=CCO[C@@H]3[C@@H]([C@H]45)[C@H]8C[C@H]76)C[C@@]34c5ccccc5N5C(=O)CC=C([C@H]1C[C@H]23)[C@H]54. The molecule has 12 atom stereocenters. The fourth-order valence-corrected chi connectivity index (χ4v) is 15.0. The first-order chi connectivity index (χ1) is 24.1. The topological polar surface area (TPSA) is 56.3 Å². The van der Waals surface area contributed by atoms with Crippen LogP contribution in [0.1, 0.15) is 50.2 Å². The number of anilines is 2. The number of carbonyl (C=O) groups is 2. The zero-order chi connectivity index (χ0) is 32.1. The summed E-state index contributed by atoms with van der Waals surface area (Å²) in [5, 5.41) is 0. The van der Waals surface area contributed by atoms with Crippen molar-refractivity contribution in [2.24, 2.45) is 23.7 Å². The number of amides is 2. The molecular formula is C42H42N4O3. The van der Waals surface area contributed by atoms with Gasteiger partial charge in [0.05, 0.1) is 30.7 Å². The average Bonchev–Trinajstić information content (AvgIpc) is 3.82. The average molecular weight is 651 g/mol. The Morgan fingerprint density at radius 2 is 1.69 bits per heavy atom. The number of fused-ring (bicyclic) bond motifs is 6. The van der Waals surface area contributed by atoms with Crippen molar-refractivity contribution in [3.8, 4) is 0 Å². The zero-order valence-corrected chi connectivity index (χ0v) is 28.0. The fraction of sp³-hybridized carbons (Fsp3) is 0.524. The predicted octanol–water partition coefficient (Wildman–Crippen LogP) is 4.72. The van der Waals surface area contributed by atoms with Crippen molar-refractivity contribution in [1.82, 2.24) is 9.80 Å². The summed E-state index contributed by atoms with van der Waals surface area (Å²) in [5.74, 6) is 1.38. The molecule has 4 bridgehead atoms. The van der Waals surface area contributed by atoms with E-state index in [0.29, 0.717) is 42.7 Å². The largest absolute Gasteiger partial charge is 0.373 e. The summed E-state index contributed by atoms with van der Waals surface area (Å²) in [6.45, 7) is 5.87. The number of hydrogen-bond acceptors (Lipinski definition) is 5. The number of ether oxygens (including phenoxy) is 1. The molecule has 7 heteroatoms. The molecule has 2 spiro atoms. The zero-order valence-electron chi connectivity index (χ0n) is 28.0. The van der Waals surface area contributed by atoms with Crippen LogP contribution in [0.2, 0.25) is 0 Å². The van der Waals surface area contributed by atoms with Crippen LogP contribution in [0, 0.1) is 23.7 Å². The number of piperidine rings is 3. The van der Waals surface area contributed by atoms with E-state index in [9.17, 15) is 4.79 Å². The third-order valence-corrected chi connectivity index (χ3v) is 16.3. The molecule has 2 aromatic rings. The highest BCUT2D eigenvalue weighted by atomic mass is 16.5. The highest BCUT2D eigenvalue weighted by Gasteiger charge is 2.76.